The molecule has 0 aliphatic carbocycles. The zero-order valence-corrected chi connectivity index (χ0v) is 16.4. The quantitative estimate of drug-likeness (QED) is 0.703. The van der Waals surface area contributed by atoms with E-state index < -0.39 is 11.0 Å². The molecule has 1 heterocycles. The van der Waals surface area contributed by atoms with E-state index in [-0.39, 0.29) is 11.9 Å². The second kappa shape index (κ2) is 7.19. The second-order valence-corrected chi connectivity index (χ2v) is 8.36. The third-order valence-corrected chi connectivity index (χ3v) is 4.91. The lowest BCUT2D eigenvalue weighted by molar-refractivity contribution is -0.0197. The minimum atomic E-state index is -0.521. The molecule has 4 nitrogen and oxygen atoms in total. The molecule has 1 fully saturated rings. The van der Waals surface area contributed by atoms with Crippen LogP contribution >= 0.6 is 0 Å². The van der Waals surface area contributed by atoms with Gasteiger partial charge in [0.15, 0.2) is 5.78 Å². The molecule has 1 saturated heterocycles. The summed E-state index contributed by atoms with van der Waals surface area (Å²) in [6, 6.07) is 7.99. The normalized spacial score (nSPS) is 16.5. The Kier molecular flexibility index (Phi) is 5.60. The largest absolute Gasteiger partial charge is 0.444 e. The van der Waals surface area contributed by atoms with Crippen LogP contribution in [0.5, 0.6) is 0 Å². The van der Waals surface area contributed by atoms with E-state index in [4.69, 9.17) is 4.74 Å². The molecule has 4 heteroatoms. The van der Waals surface area contributed by atoms with Crippen molar-refractivity contribution < 1.29 is 14.3 Å². The number of carbonyl (C=O) groups excluding carboxylic acids is 2. The van der Waals surface area contributed by atoms with Crippen LogP contribution in [0.2, 0.25) is 0 Å². The summed E-state index contributed by atoms with van der Waals surface area (Å²) in [5, 5.41) is 0. The van der Waals surface area contributed by atoms with E-state index in [1.807, 2.05) is 39.8 Å². The Balaban J connectivity index is 2.01. The molecule has 0 bridgehead atoms. The zero-order chi connectivity index (χ0) is 18.8. The maximum atomic E-state index is 12.8. The number of hydrogen-bond donors (Lipinski definition) is 0. The maximum absolute atomic E-state index is 12.8. The van der Waals surface area contributed by atoms with E-state index in [2.05, 4.69) is 26.0 Å². The highest BCUT2D eigenvalue weighted by Crippen LogP contribution is 2.35. The van der Waals surface area contributed by atoms with Crippen LogP contribution in [-0.2, 0) is 4.74 Å². The van der Waals surface area contributed by atoms with Gasteiger partial charge in [-0.3, -0.25) is 4.79 Å². The zero-order valence-electron chi connectivity index (χ0n) is 16.4. The lowest BCUT2D eigenvalue weighted by Gasteiger charge is -2.46. The molecule has 1 amide bonds. The van der Waals surface area contributed by atoms with Crippen molar-refractivity contribution in [3.8, 4) is 0 Å². The number of Topliss-reactive ketones (excluding diaryl/α,β-unsaturated/α-hetero) is 1. The first-order valence-electron chi connectivity index (χ1n) is 9.22. The maximum Gasteiger partial charge on any atom is 0.410 e. The smallest absolute Gasteiger partial charge is 0.410 e. The molecule has 1 aromatic carbocycles. The van der Waals surface area contributed by atoms with Crippen LogP contribution in [0.4, 0.5) is 4.79 Å². The summed E-state index contributed by atoms with van der Waals surface area (Å²) in [5.41, 5.74) is 0.975. The van der Waals surface area contributed by atoms with Crippen LogP contribution in [0.3, 0.4) is 0 Å². The van der Waals surface area contributed by atoms with E-state index in [9.17, 15) is 9.59 Å². The fourth-order valence-corrected chi connectivity index (χ4v) is 3.41. The van der Waals surface area contributed by atoms with Gasteiger partial charge in [0.05, 0.1) is 5.41 Å². The highest BCUT2D eigenvalue weighted by Gasteiger charge is 2.48. The predicted octanol–water partition coefficient (Wildman–Crippen LogP) is 5.03. The van der Waals surface area contributed by atoms with Gasteiger partial charge in [0.2, 0.25) is 0 Å². The van der Waals surface area contributed by atoms with Gasteiger partial charge in [-0.15, -0.1) is 0 Å². The van der Waals surface area contributed by atoms with Gasteiger partial charge in [-0.2, -0.15) is 0 Å². The van der Waals surface area contributed by atoms with Gasteiger partial charge in [0, 0.05) is 18.7 Å². The topological polar surface area (TPSA) is 46.6 Å². The van der Waals surface area contributed by atoms with Crippen molar-refractivity contribution in [2.75, 3.05) is 13.1 Å². The van der Waals surface area contributed by atoms with Gasteiger partial charge >= 0.3 is 6.09 Å². The number of likely N-dealkylation sites (tertiary alicyclic amines) is 1. The third-order valence-electron chi connectivity index (χ3n) is 4.91. The number of amides is 1. The van der Waals surface area contributed by atoms with E-state index in [0.717, 1.165) is 18.4 Å². The summed E-state index contributed by atoms with van der Waals surface area (Å²) in [7, 11) is 0. The SMILES string of the molecule is CCC(CC)c1ccc(C(=O)C2(C)CN(C(=O)OC(C)(C)C)C2)cc1. The fraction of sp³-hybridized carbons (Fsp3) is 0.619. The number of benzene rings is 1. The molecule has 25 heavy (non-hydrogen) atoms. The van der Waals surface area contributed by atoms with E-state index >= 15 is 0 Å². The third kappa shape index (κ3) is 4.42. The summed E-state index contributed by atoms with van der Waals surface area (Å²) >= 11 is 0. The van der Waals surface area contributed by atoms with E-state index in [0.29, 0.717) is 19.0 Å². The highest BCUT2D eigenvalue weighted by atomic mass is 16.6. The number of ether oxygens (including phenoxy) is 1. The summed E-state index contributed by atoms with van der Waals surface area (Å²) in [5.74, 6) is 0.648. The molecule has 138 valence electrons. The lowest BCUT2D eigenvalue weighted by Crippen LogP contribution is -2.61. The molecule has 1 aliphatic heterocycles. The molecule has 0 aromatic heterocycles. The molecule has 0 saturated carbocycles. The van der Waals surface area contributed by atoms with Gasteiger partial charge in [0.25, 0.3) is 0 Å². The van der Waals surface area contributed by atoms with Crippen molar-refractivity contribution >= 4 is 11.9 Å². The van der Waals surface area contributed by atoms with Crippen molar-refractivity contribution in [3.05, 3.63) is 35.4 Å². The first-order valence-corrected chi connectivity index (χ1v) is 9.22. The highest BCUT2D eigenvalue weighted by molar-refractivity contribution is 6.02. The number of carbonyl (C=O) groups is 2. The molecule has 0 N–H and O–H groups in total. The van der Waals surface area contributed by atoms with Crippen LogP contribution in [-0.4, -0.2) is 35.5 Å². The van der Waals surface area contributed by atoms with Crippen LogP contribution in [0, 0.1) is 5.41 Å². The average Bonchev–Trinajstić information content (AvgIpc) is 2.51. The summed E-state index contributed by atoms with van der Waals surface area (Å²) in [6.45, 7) is 12.7. The summed E-state index contributed by atoms with van der Waals surface area (Å²) in [6.07, 6.45) is 1.86. The molecule has 0 unspecified atom stereocenters. The number of ketones is 1. The molecule has 1 aliphatic rings. The predicted molar refractivity (Wildman–Crippen MR) is 100 cm³/mol. The van der Waals surface area contributed by atoms with Gasteiger partial charge in [-0.05, 0) is 52.0 Å². The fourth-order valence-electron chi connectivity index (χ4n) is 3.41. The van der Waals surface area contributed by atoms with Crippen LogP contribution in [0.25, 0.3) is 0 Å². The molecule has 0 atom stereocenters. The van der Waals surface area contributed by atoms with Crippen molar-refractivity contribution in [2.24, 2.45) is 5.41 Å². The first-order chi connectivity index (χ1) is 11.6. The monoisotopic (exact) mass is 345 g/mol. The second-order valence-electron chi connectivity index (χ2n) is 8.36. The number of nitrogens with zero attached hydrogens (tertiary/aromatic N) is 1. The molecule has 1 aromatic rings. The Labute approximate surface area is 151 Å². The first kappa shape index (κ1) is 19.5. The van der Waals surface area contributed by atoms with Gasteiger partial charge in [-0.1, -0.05) is 38.1 Å². The minimum Gasteiger partial charge on any atom is -0.444 e. The molecular formula is C21H31NO3. The average molecular weight is 345 g/mol. The van der Waals surface area contributed by atoms with Crippen LogP contribution in [0.1, 0.15) is 76.2 Å². The minimum absolute atomic E-state index is 0.100. The summed E-state index contributed by atoms with van der Waals surface area (Å²) in [4.78, 5) is 26.5. The van der Waals surface area contributed by atoms with Crippen LogP contribution in [0.15, 0.2) is 24.3 Å². The van der Waals surface area contributed by atoms with Crippen molar-refractivity contribution in [1.82, 2.24) is 4.90 Å². The molecule has 0 radical (unpaired) electrons. The Bertz CT molecular complexity index is 618. The van der Waals surface area contributed by atoms with Crippen molar-refractivity contribution in [3.63, 3.8) is 0 Å². The molecule has 0 spiro atoms. The summed E-state index contributed by atoms with van der Waals surface area (Å²) < 4.78 is 5.36. The molecule has 2 rings (SSSR count). The number of hydrogen-bond acceptors (Lipinski definition) is 3. The molecular weight excluding hydrogens is 314 g/mol. The van der Waals surface area contributed by atoms with Crippen molar-refractivity contribution in [1.29, 1.82) is 0 Å². The lowest BCUT2D eigenvalue weighted by atomic mass is 9.75. The van der Waals surface area contributed by atoms with Crippen LogP contribution < -0.4 is 0 Å². The Morgan fingerprint density at radius 1 is 1.12 bits per heavy atom. The standard InChI is InChI=1S/C21H31NO3/c1-7-15(8-2)16-9-11-17(12-10-16)18(23)21(6)13-22(14-21)19(24)25-20(3,4)5/h9-12,15H,7-8,13-14H2,1-6H3. The van der Waals surface area contributed by atoms with E-state index in [1.54, 1.807) is 4.90 Å². The van der Waals surface area contributed by atoms with E-state index in [1.165, 1.54) is 5.56 Å². The Hall–Kier alpha value is -1.84. The van der Waals surface area contributed by atoms with Gasteiger partial charge in [-0.25, -0.2) is 4.79 Å². The Morgan fingerprint density at radius 3 is 2.08 bits per heavy atom. The van der Waals surface area contributed by atoms with Crippen molar-refractivity contribution in [2.45, 2.75) is 65.9 Å². The Morgan fingerprint density at radius 2 is 1.64 bits per heavy atom. The number of rotatable bonds is 5. The van der Waals surface area contributed by atoms with Gasteiger partial charge in [0.1, 0.15) is 5.60 Å². The van der Waals surface area contributed by atoms with Gasteiger partial charge < -0.3 is 9.64 Å².